The van der Waals surface area contributed by atoms with E-state index in [2.05, 4.69) is 5.32 Å². The van der Waals surface area contributed by atoms with Crippen molar-refractivity contribution in [2.75, 3.05) is 11.9 Å². The number of hydrogen-bond acceptors (Lipinski definition) is 3. The number of hydrogen-bond donors (Lipinski definition) is 2. The number of halogens is 1. The van der Waals surface area contributed by atoms with E-state index in [0.29, 0.717) is 23.5 Å². The maximum absolute atomic E-state index is 13.4. The fourth-order valence-electron chi connectivity index (χ4n) is 1.82. The Kier molecular flexibility index (Phi) is 4.90. The highest BCUT2D eigenvalue weighted by Crippen LogP contribution is 2.17. The molecule has 0 spiro atoms. The summed E-state index contributed by atoms with van der Waals surface area (Å²) in [6, 6.07) is 11.8. The lowest BCUT2D eigenvalue weighted by molar-refractivity contribution is -0.118. The van der Waals surface area contributed by atoms with Crippen LogP contribution in [0.4, 0.5) is 10.1 Å². The van der Waals surface area contributed by atoms with Crippen LogP contribution in [-0.2, 0) is 11.3 Å². The van der Waals surface area contributed by atoms with Gasteiger partial charge >= 0.3 is 0 Å². The number of ether oxygens (including phenoxy) is 1. The van der Waals surface area contributed by atoms with Crippen LogP contribution in [-0.4, -0.2) is 12.5 Å². The Balaban J connectivity index is 1.94. The van der Waals surface area contributed by atoms with E-state index in [1.165, 1.54) is 6.07 Å². The minimum Gasteiger partial charge on any atom is -0.484 e. The maximum Gasteiger partial charge on any atom is 0.262 e. The number of amides is 1. The van der Waals surface area contributed by atoms with Gasteiger partial charge in [-0.25, -0.2) is 4.39 Å². The molecule has 0 aliphatic heterocycles. The van der Waals surface area contributed by atoms with E-state index in [-0.39, 0.29) is 18.3 Å². The summed E-state index contributed by atoms with van der Waals surface area (Å²) in [5.74, 6) is -0.362. The van der Waals surface area contributed by atoms with Gasteiger partial charge in [-0.2, -0.15) is 0 Å². The summed E-state index contributed by atoms with van der Waals surface area (Å²) >= 11 is 0. The second-order valence-electron chi connectivity index (χ2n) is 4.61. The number of carbonyl (C=O) groups excluding carboxylic acids is 1. The van der Waals surface area contributed by atoms with Gasteiger partial charge in [0.05, 0.1) is 0 Å². The van der Waals surface area contributed by atoms with Crippen molar-refractivity contribution >= 4 is 11.6 Å². The zero-order chi connectivity index (χ0) is 15.2. The lowest BCUT2D eigenvalue weighted by Crippen LogP contribution is -2.21. The first-order chi connectivity index (χ1) is 10.1. The molecule has 0 atom stereocenters. The van der Waals surface area contributed by atoms with Crippen LogP contribution in [0.1, 0.15) is 11.1 Å². The molecule has 0 unspecified atom stereocenters. The molecule has 0 radical (unpaired) electrons. The van der Waals surface area contributed by atoms with Crippen molar-refractivity contribution in [3.8, 4) is 5.75 Å². The lowest BCUT2D eigenvalue weighted by atomic mass is 10.2. The van der Waals surface area contributed by atoms with Crippen molar-refractivity contribution in [1.82, 2.24) is 0 Å². The minimum absolute atomic E-state index is 0.193. The third-order valence-electron chi connectivity index (χ3n) is 3.02. The van der Waals surface area contributed by atoms with Crippen LogP contribution in [0.3, 0.4) is 0 Å². The molecule has 5 heteroatoms. The second-order valence-corrected chi connectivity index (χ2v) is 4.61. The Morgan fingerprint density at radius 3 is 2.76 bits per heavy atom. The van der Waals surface area contributed by atoms with Gasteiger partial charge in [0.15, 0.2) is 6.61 Å². The van der Waals surface area contributed by atoms with Crippen LogP contribution in [0.2, 0.25) is 0 Å². The monoisotopic (exact) mass is 288 g/mol. The van der Waals surface area contributed by atoms with E-state index in [9.17, 15) is 9.18 Å². The highest BCUT2D eigenvalue weighted by Gasteiger charge is 2.07. The molecule has 0 fully saturated rings. The molecule has 0 aromatic heterocycles. The van der Waals surface area contributed by atoms with Crippen molar-refractivity contribution < 1.29 is 13.9 Å². The SMILES string of the molecule is Cc1ccc(OCC(=O)Nc2ccccc2CN)cc1F. The standard InChI is InChI=1S/C16H17FN2O2/c1-11-6-7-13(8-14(11)17)21-10-16(20)19-15-5-3-2-4-12(15)9-18/h2-8H,9-10,18H2,1H3,(H,19,20). The molecular weight excluding hydrogens is 271 g/mol. The number of rotatable bonds is 5. The number of para-hydroxylation sites is 1. The molecule has 0 aliphatic carbocycles. The van der Waals surface area contributed by atoms with Gasteiger partial charge in [0, 0.05) is 18.3 Å². The lowest BCUT2D eigenvalue weighted by Gasteiger charge is -2.10. The van der Waals surface area contributed by atoms with E-state index < -0.39 is 0 Å². The first-order valence-corrected chi connectivity index (χ1v) is 6.57. The predicted octanol–water partition coefficient (Wildman–Crippen LogP) is 2.61. The molecule has 0 aliphatic rings. The van der Waals surface area contributed by atoms with Gasteiger partial charge in [0.25, 0.3) is 5.91 Å². The number of aryl methyl sites for hydroxylation is 1. The zero-order valence-electron chi connectivity index (χ0n) is 11.7. The highest BCUT2D eigenvalue weighted by molar-refractivity contribution is 5.92. The molecule has 0 saturated heterocycles. The van der Waals surface area contributed by atoms with Gasteiger partial charge in [-0.15, -0.1) is 0 Å². The van der Waals surface area contributed by atoms with E-state index in [1.54, 1.807) is 25.1 Å². The molecule has 21 heavy (non-hydrogen) atoms. The van der Waals surface area contributed by atoms with Gasteiger partial charge < -0.3 is 15.8 Å². The Morgan fingerprint density at radius 2 is 2.05 bits per heavy atom. The van der Waals surface area contributed by atoms with E-state index in [4.69, 9.17) is 10.5 Å². The molecule has 3 N–H and O–H groups in total. The number of benzene rings is 2. The molecule has 4 nitrogen and oxygen atoms in total. The second kappa shape index (κ2) is 6.85. The van der Waals surface area contributed by atoms with Crippen molar-refractivity contribution in [3.05, 3.63) is 59.4 Å². The normalized spacial score (nSPS) is 10.2. The molecule has 0 heterocycles. The van der Waals surface area contributed by atoms with Crippen molar-refractivity contribution in [2.24, 2.45) is 5.73 Å². The van der Waals surface area contributed by atoms with Crippen LogP contribution in [0.5, 0.6) is 5.75 Å². The fourth-order valence-corrected chi connectivity index (χ4v) is 1.82. The van der Waals surface area contributed by atoms with Crippen molar-refractivity contribution in [1.29, 1.82) is 0 Å². The third-order valence-corrected chi connectivity index (χ3v) is 3.02. The molecule has 2 aromatic carbocycles. The van der Waals surface area contributed by atoms with E-state index in [1.807, 2.05) is 18.2 Å². The summed E-state index contributed by atoms with van der Waals surface area (Å²) in [5, 5.41) is 2.72. The zero-order valence-corrected chi connectivity index (χ0v) is 11.7. The summed E-state index contributed by atoms with van der Waals surface area (Å²) < 4.78 is 18.6. The first kappa shape index (κ1) is 15.0. The van der Waals surface area contributed by atoms with Crippen molar-refractivity contribution in [2.45, 2.75) is 13.5 Å². The number of nitrogens with one attached hydrogen (secondary N) is 1. The Hall–Kier alpha value is -2.40. The summed E-state index contributed by atoms with van der Waals surface area (Å²) in [5.41, 5.74) is 7.63. The Bertz CT molecular complexity index is 644. The van der Waals surface area contributed by atoms with Crippen LogP contribution in [0.25, 0.3) is 0 Å². The molecule has 0 bridgehead atoms. The van der Waals surface area contributed by atoms with Gasteiger partial charge in [-0.05, 0) is 30.2 Å². The number of nitrogens with two attached hydrogens (primary N) is 1. The summed E-state index contributed by atoms with van der Waals surface area (Å²) in [6.45, 7) is 1.80. The Morgan fingerprint density at radius 1 is 1.29 bits per heavy atom. The van der Waals surface area contributed by atoms with E-state index in [0.717, 1.165) is 5.56 Å². The average molecular weight is 288 g/mol. The van der Waals surface area contributed by atoms with E-state index >= 15 is 0 Å². The first-order valence-electron chi connectivity index (χ1n) is 6.57. The predicted molar refractivity (Wildman–Crippen MR) is 79.6 cm³/mol. The largest absolute Gasteiger partial charge is 0.484 e. The van der Waals surface area contributed by atoms with Crippen LogP contribution >= 0.6 is 0 Å². The minimum atomic E-state index is -0.360. The molecule has 1 amide bonds. The number of anilines is 1. The molecule has 2 rings (SSSR count). The van der Waals surface area contributed by atoms with Gasteiger partial charge in [-0.3, -0.25) is 4.79 Å². The average Bonchev–Trinajstić information content (AvgIpc) is 2.49. The fraction of sp³-hybridized carbons (Fsp3) is 0.188. The number of carbonyl (C=O) groups is 1. The van der Waals surface area contributed by atoms with Crippen LogP contribution < -0.4 is 15.8 Å². The maximum atomic E-state index is 13.4. The van der Waals surface area contributed by atoms with Crippen LogP contribution in [0, 0.1) is 12.7 Å². The van der Waals surface area contributed by atoms with Crippen LogP contribution in [0.15, 0.2) is 42.5 Å². The quantitative estimate of drug-likeness (QED) is 0.889. The summed E-state index contributed by atoms with van der Waals surface area (Å²) in [7, 11) is 0. The molecule has 2 aromatic rings. The van der Waals surface area contributed by atoms with Gasteiger partial charge in [0.2, 0.25) is 0 Å². The smallest absolute Gasteiger partial charge is 0.262 e. The summed E-state index contributed by atoms with van der Waals surface area (Å²) in [4.78, 5) is 11.8. The molecule has 0 saturated carbocycles. The van der Waals surface area contributed by atoms with Gasteiger partial charge in [-0.1, -0.05) is 24.3 Å². The summed E-state index contributed by atoms with van der Waals surface area (Å²) in [6.07, 6.45) is 0. The topological polar surface area (TPSA) is 64.3 Å². The third kappa shape index (κ3) is 4.03. The Labute approximate surface area is 122 Å². The van der Waals surface area contributed by atoms with Gasteiger partial charge in [0.1, 0.15) is 11.6 Å². The molecule has 110 valence electrons. The highest BCUT2D eigenvalue weighted by atomic mass is 19.1. The molecular formula is C16H17FN2O2. The van der Waals surface area contributed by atoms with Crippen molar-refractivity contribution in [3.63, 3.8) is 0 Å².